The van der Waals surface area contributed by atoms with Gasteiger partial charge in [-0.25, -0.2) is 0 Å². The van der Waals surface area contributed by atoms with Crippen molar-refractivity contribution in [2.24, 2.45) is 0 Å². The molecule has 1 rings (SSSR count). The van der Waals surface area contributed by atoms with Crippen molar-refractivity contribution in [3.63, 3.8) is 0 Å². The minimum Gasteiger partial charge on any atom is -0.376 e. The zero-order valence-electron chi connectivity index (χ0n) is 14.4. The molecule has 5 nitrogen and oxygen atoms in total. The van der Waals surface area contributed by atoms with Crippen LogP contribution in [-0.4, -0.2) is 42.4 Å². The second kappa shape index (κ2) is 7.29. The number of anilines is 1. The zero-order valence-corrected chi connectivity index (χ0v) is 14.4. The van der Waals surface area contributed by atoms with E-state index in [4.69, 9.17) is 0 Å². The van der Waals surface area contributed by atoms with E-state index in [1.165, 1.54) is 10.5 Å². The summed E-state index contributed by atoms with van der Waals surface area (Å²) in [4.78, 5) is 25.3. The molecule has 0 unspecified atom stereocenters. The largest absolute Gasteiger partial charge is 0.376 e. The van der Waals surface area contributed by atoms with Gasteiger partial charge in [-0.3, -0.25) is 9.59 Å². The second-order valence-electron chi connectivity index (χ2n) is 6.65. The Labute approximate surface area is 133 Å². The number of hydrogen-bond acceptors (Lipinski definition) is 3. The van der Waals surface area contributed by atoms with Gasteiger partial charge in [-0.05, 0) is 51.8 Å². The van der Waals surface area contributed by atoms with Crippen LogP contribution in [-0.2, 0) is 9.59 Å². The number of likely N-dealkylation sites (N-methyl/N-ethyl adjacent to an activating group) is 1. The number of hydrogen-bond donors (Lipinski definition) is 2. The Bertz CT molecular complexity index is 547. The monoisotopic (exact) mass is 305 g/mol. The molecule has 0 aliphatic rings. The van der Waals surface area contributed by atoms with E-state index in [-0.39, 0.29) is 30.4 Å². The molecule has 0 bridgehead atoms. The maximum Gasteiger partial charge on any atom is 0.242 e. The summed E-state index contributed by atoms with van der Waals surface area (Å²) in [6, 6.07) is 5.93. The first kappa shape index (κ1) is 18.0. The zero-order chi connectivity index (χ0) is 16.9. The van der Waals surface area contributed by atoms with Crippen LogP contribution in [0.1, 0.15) is 31.9 Å². The molecule has 0 atom stereocenters. The van der Waals surface area contributed by atoms with Gasteiger partial charge in [-0.2, -0.15) is 0 Å². The highest BCUT2D eigenvalue weighted by atomic mass is 16.2. The Balaban J connectivity index is 2.51. The summed E-state index contributed by atoms with van der Waals surface area (Å²) in [7, 11) is 1.63. The SMILES string of the molecule is Cc1cccc(NCC(=O)N(C)CC(=O)NC(C)(C)C)c1C. The molecule has 0 fully saturated rings. The van der Waals surface area contributed by atoms with Crippen molar-refractivity contribution in [3.8, 4) is 0 Å². The van der Waals surface area contributed by atoms with Crippen LogP contribution in [0.3, 0.4) is 0 Å². The van der Waals surface area contributed by atoms with Gasteiger partial charge in [0.1, 0.15) is 0 Å². The van der Waals surface area contributed by atoms with Crippen LogP contribution < -0.4 is 10.6 Å². The summed E-state index contributed by atoms with van der Waals surface area (Å²) in [6.07, 6.45) is 0. The third kappa shape index (κ3) is 5.76. The van der Waals surface area contributed by atoms with Gasteiger partial charge in [0, 0.05) is 18.3 Å². The van der Waals surface area contributed by atoms with Gasteiger partial charge in [0.15, 0.2) is 0 Å². The Morgan fingerprint density at radius 1 is 1.18 bits per heavy atom. The molecule has 0 heterocycles. The summed E-state index contributed by atoms with van der Waals surface area (Å²) in [5, 5.41) is 5.98. The van der Waals surface area contributed by atoms with Gasteiger partial charge >= 0.3 is 0 Å². The second-order valence-corrected chi connectivity index (χ2v) is 6.65. The maximum atomic E-state index is 12.1. The van der Waals surface area contributed by atoms with Crippen LogP contribution in [0.15, 0.2) is 18.2 Å². The van der Waals surface area contributed by atoms with E-state index in [9.17, 15) is 9.59 Å². The van der Waals surface area contributed by atoms with Gasteiger partial charge in [-0.15, -0.1) is 0 Å². The highest BCUT2D eigenvalue weighted by Gasteiger charge is 2.17. The third-order valence-corrected chi connectivity index (χ3v) is 3.36. The van der Waals surface area contributed by atoms with Gasteiger partial charge in [-0.1, -0.05) is 12.1 Å². The molecule has 122 valence electrons. The molecular weight excluding hydrogens is 278 g/mol. The molecule has 0 radical (unpaired) electrons. The fourth-order valence-corrected chi connectivity index (χ4v) is 2.01. The summed E-state index contributed by atoms with van der Waals surface area (Å²) >= 11 is 0. The molecule has 1 aromatic carbocycles. The normalized spacial score (nSPS) is 11.0. The number of benzene rings is 1. The quantitative estimate of drug-likeness (QED) is 0.875. The summed E-state index contributed by atoms with van der Waals surface area (Å²) in [6.45, 7) is 10.0. The average molecular weight is 305 g/mol. The lowest BCUT2D eigenvalue weighted by Gasteiger charge is -2.23. The molecule has 1 aromatic rings. The number of carbonyl (C=O) groups is 2. The summed E-state index contributed by atoms with van der Waals surface area (Å²) in [5.41, 5.74) is 2.96. The fourth-order valence-electron chi connectivity index (χ4n) is 2.01. The fraction of sp³-hybridized carbons (Fsp3) is 0.529. The van der Waals surface area contributed by atoms with Crippen LogP contribution >= 0.6 is 0 Å². The average Bonchev–Trinajstić information content (AvgIpc) is 2.37. The third-order valence-electron chi connectivity index (χ3n) is 3.36. The number of nitrogens with zero attached hydrogens (tertiary/aromatic N) is 1. The van der Waals surface area contributed by atoms with E-state index >= 15 is 0 Å². The first-order valence-electron chi connectivity index (χ1n) is 7.45. The highest BCUT2D eigenvalue weighted by Crippen LogP contribution is 2.17. The van der Waals surface area contributed by atoms with Gasteiger partial charge < -0.3 is 15.5 Å². The van der Waals surface area contributed by atoms with E-state index in [0.29, 0.717) is 0 Å². The topological polar surface area (TPSA) is 61.4 Å². The minimum absolute atomic E-state index is 0.0601. The van der Waals surface area contributed by atoms with Crippen molar-refractivity contribution >= 4 is 17.5 Å². The smallest absolute Gasteiger partial charge is 0.242 e. The highest BCUT2D eigenvalue weighted by molar-refractivity contribution is 5.87. The van der Waals surface area contributed by atoms with Gasteiger partial charge in [0.25, 0.3) is 0 Å². The van der Waals surface area contributed by atoms with Crippen molar-refractivity contribution in [2.45, 2.75) is 40.2 Å². The molecule has 0 saturated carbocycles. The molecule has 2 N–H and O–H groups in total. The first-order valence-corrected chi connectivity index (χ1v) is 7.45. The van der Waals surface area contributed by atoms with Crippen molar-refractivity contribution in [1.29, 1.82) is 0 Å². The first-order chi connectivity index (χ1) is 10.1. The molecule has 5 heteroatoms. The molecule has 0 spiro atoms. The molecule has 2 amide bonds. The molecule has 22 heavy (non-hydrogen) atoms. The van der Waals surface area contributed by atoms with Crippen LogP contribution in [0, 0.1) is 13.8 Å². The van der Waals surface area contributed by atoms with Crippen LogP contribution in [0.5, 0.6) is 0 Å². The van der Waals surface area contributed by atoms with E-state index in [1.54, 1.807) is 7.05 Å². The summed E-state index contributed by atoms with van der Waals surface area (Å²) in [5.74, 6) is -0.278. The Hall–Kier alpha value is -2.04. The molecule has 0 saturated heterocycles. The van der Waals surface area contributed by atoms with Gasteiger partial charge in [0.2, 0.25) is 11.8 Å². The predicted molar refractivity (Wildman–Crippen MR) is 89.9 cm³/mol. The maximum absolute atomic E-state index is 12.1. The van der Waals surface area contributed by atoms with Crippen molar-refractivity contribution in [3.05, 3.63) is 29.3 Å². The van der Waals surface area contributed by atoms with Gasteiger partial charge in [0.05, 0.1) is 13.1 Å². The Kier molecular flexibility index (Phi) is 5.97. The number of rotatable bonds is 5. The number of aryl methyl sites for hydroxylation is 1. The lowest BCUT2D eigenvalue weighted by molar-refractivity contribution is -0.133. The van der Waals surface area contributed by atoms with Crippen molar-refractivity contribution in [1.82, 2.24) is 10.2 Å². The Morgan fingerprint density at radius 3 is 2.41 bits per heavy atom. The Morgan fingerprint density at radius 2 is 1.82 bits per heavy atom. The predicted octanol–water partition coefficient (Wildman–Crippen LogP) is 2.09. The standard InChI is InChI=1S/C17H27N3O2/c1-12-8-7-9-14(13(12)2)18-10-16(22)20(6)11-15(21)19-17(3,4)5/h7-9,18H,10-11H2,1-6H3,(H,19,21). The lowest BCUT2D eigenvalue weighted by atomic mass is 10.1. The summed E-state index contributed by atoms with van der Waals surface area (Å²) < 4.78 is 0. The van der Waals surface area contributed by atoms with Crippen molar-refractivity contribution in [2.75, 3.05) is 25.5 Å². The molecular formula is C17H27N3O2. The van der Waals surface area contributed by atoms with Crippen molar-refractivity contribution < 1.29 is 9.59 Å². The lowest BCUT2D eigenvalue weighted by Crippen LogP contribution is -2.47. The number of amides is 2. The minimum atomic E-state index is -0.294. The molecule has 0 aromatic heterocycles. The molecule has 0 aliphatic carbocycles. The molecule has 0 aliphatic heterocycles. The van der Waals surface area contributed by atoms with E-state index < -0.39 is 0 Å². The number of carbonyl (C=O) groups excluding carboxylic acids is 2. The van der Waals surface area contributed by atoms with E-state index in [0.717, 1.165) is 11.3 Å². The van der Waals surface area contributed by atoms with Crippen LogP contribution in [0.4, 0.5) is 5.69 Å². The van der Waals surface area contributed by atoms with E-state index in [1.807, 2.05) is 52.8 Å². The number of nitrogens with one attached hydrogen (secondary N) is 2. The van der Waals surface area contributed by atoms with Crippen LogP contribution in [0.2, 0.25) is 0 Å². The van der Waals surface area contributed by atoms with Crippen LogP contribution in [0.25, 0.3) is 0 Å². The van der Waals surface area contributed by atoms with E-state index in [2.05, 4.69) is 10.6 Å².